The van der Waals surface area contributed by atoms with E-state index in [1.54, 1.807) is 6.07 Å². The number of benzene rings is 1. The van der Waals surface area contributed by atoms with Gasteiger partial charge in [-0.3, -0.25) is 0 Å². The molecule has 2 atom stereocenters. The van der Waals surface area contributed by atoms with Crippen molar-refractivity contribution in [1.82, 2.24) is 9.47 Å². The van der Waals surface area contributed by atoms with Crippen molar-refractivity contribution in [1.29, 1.82) is 0 Å². The predicted octanol–water partition coefficient (Wildman–Crippen LogP) is 7.30. The van der Waals surface area contributed by atoms with Crippen molar-refractivity contribution in [3.8, 4) is 0 Å². The molecule has 0 unspecified atom stereocenters. The summed E-state index contributed by atoms with van der Waals surface area (Å²) in [5, 5.41) is 2.94. The molecule has 1 amide bonds. The average molecular weight is 712 g/mol. The monoisotopic (exact) mass is 712 g/mol. The summed E-state index contributed by atoms with van der Waals surface area (Å²) in [7, 11) is 3.53. The van der Waals surface area contributed by atoms with E-state index in [2.05, 4.69) is 56.8 Å². The molecule has 43 heavy (non-hydrogen) atoms. The van der Waals surface area contributed by atoms with Gasteiger partial charge >= 0.3 is 261 Å². The van der Waals surface area contributed by atoms with E-state index >= 15 is 4.39 Å². The van der Waals surface area contributed by atoms with Crippen molar-refractivity contribution in [3.63, 3.8) is 0 Å². The Kier molecular flexibility index (Phi) is 13.0. The molecule has 1 aromatic heterocycles. The quantitative estimate of drug-likeness (QED) is 0.209. The number of carbonyl (C=O) groups excluding carboxylic acids is 1. The van der Waals surface area contributed by atoms with E-state index < -0.39 is 41.8 Å². The Morgan fingerprint density at radius 2 is 1.51 bits per heavy atom. The zero-order valence-corrected chi connectivity index (χ0v) is 30.0. The first kappa shape index (κ1) is 35.5. The number of likely N-dealkylation sites (N-methyl/N-ethyl adjacent to an activating group) is 1. The Hall–Kier alpha value is -2.01. The number of nitrogens with one attached hydrogen (secondary N) is 1. The molecular formula is C33H51F3N4O2Sn. The number of rotatable bonds is 14. The molecule has 1 saturated heterocycles. The third-order valence-electron chi connectivity index (χ3n) is 9.35. The molecule has 240 valence electrons. The van der Waals surface area contributed by atoms with Crippen molar-refractivity contribution in [2.75, 3.05) is 30.4 Å². The topological polar surface area (TPSA) is 57.6 Å². The predicted molar refractivity (Wildman–Crippen MR) is 174 cm³/mol. The average Bonchev–Trinajstić information content (AvgIpc) is 2.97. The van der Waals surface area contributed by atoms with Crippen LogP contribution < -0.4 is 19.4 Å². The third kappa shape index (κ3) is 8.18. The molecule has 0 aliphatic carbocycles. The van der Waals surface area contributed by atoms with E-state index in [0.717, 1.165) is 77.9 Å². The van der Waals surface area contributed by atoms with Gasteiger partial charge in [-0.05, 0) is 0 Å². The number of halogens is 3. The fourth-order valence-corrected chi connectivity index (χ4v) is 23.6. The van der Waals surface area contributed by atoms with Crippen LogP contribution >= 0.6 is 0 Å². The second-order valence-electron chi connectivity index (χ2n) is 12.5. The van der Waals surface area contributed by atoms with Gasteiger partial charge in [0.15, 0.2) is 0 Å². The maximum absolute atomic E-state index is 16.5. The van der Waals surface area contributed by atoms with Crippen LogP contribution in [0.25, 0.3) is 0 Å². The summed E-state index contributed by atoms with van der Waals surface area (Å²) in [5.74, 6) is -0.918. The van der Waals surface area contributed by atoms with E-state index in [1.807, 2.05) is 0 Å². The summed E-state index contributed by atoms with van der Waals surface area (Å²) in [5.41, 5.74) is -0.258. The van der Waals surface area contributed by atoms with Gasteiger partial charge in [-0.1, -0.05) is 0 Å². The van der Waals surface area contributed by atoms with Gasteiger partial charge in [0, 0.05) is 0 Å². The van der Waals surface area contributed by atoms with Crippen LogP contribution in [0, 0.1) is 5.82 Å². The second-order valence-corrected chi connectivity index (χ2v) is 25.5. The van der Waals surface area contributed by atoms with Gasteiger partial charge in [-0.25, -0.2) is 0 Å². The molecule has 0 bridgehead atoms. The molecule has 1 fully saturated rings. The summed E-state index contributed by atoms with van der Waals surface area (Å²) in [6.07, 6.45) is 4.43. The molecular weight excluding hydrogens is 660 g/mol. The first-order valence-corrected chi connectivity index (χ1v) is 23.5. The first-order chi connectivity index (χ1) is 20.4. The zero-order chi connectivity index (χ0) is 31.9. The molecule has 1 aliphatic rings. The van der Waals surface area contributed by atoms with E-state index in [9.17, 15) is 18.4 Å². The molecule has 6 nitrogen and oxygen atoms in total. The first-order valence-electron chi connectivity index (χ1n) is 16.0. The number of aromatic nitrogens is 1. The van der Waals surface area contributed by atoms with Crippen LogP contribution in [0.3, 0.4) is 0 Å². The van der Waals surface area contributed by atoms with Crippen LogP contribution in [0.15, 0.2) is 29.2 Å². The Labute approximate surface area is 259 Å². The summed E-state index contributed by atoms with van der Waals surface area (Å²) in [6, 6.07) is 4.29. The van der Waals surface area contributed by atoms with E-state index in [1.165, 1.54) is 13.1 Å². The van der Waals surface area contributed by atoms with Crippen molar-refractivity contribution in [2.45, 2.75) is 105 Å². The number of hydrogen-bond donors (Lipinski definition) is 1. The number of piperazine rings is 1. The van der Waals surface area contributed by atoms with Gasteiger partial charge < -0.3 is 0 Å². The molecule has 3 rings (SSSR count). The van der Waals surface area contributed by atoms with Crippen LogP contribution in [0.5, 0.6) is 0 Å². The van der Waals surface area contributed by atoms with Gasteiger partial charge in [0.1, 0.15) is 0 Å². The van der Waals surface area contributed by atoms with Gasteiger partial charge in [0.2, 0.25) is 0 Å². The molecule has 0 radical (unpaired) electrons. The maximum atomic E-state index is 16.5. The summed E-state index contributed by atoms with van der Waals surface area (Å²) >= 11 is -3.44. The van der Waals surface area contributed by atoms with Crippen LogP contribution in [0.4, 0.5) is 24.5 Å². The molecule has 0 spiro atoms. The minimum atomic E-state index is -3.44. The fraction of sp³-hybridized carbons (Fsp3) is 0.636. The Bertz CT molecular complexity index is 1270. The molecule has 10 heteroatoms. The number of hydrogen-bond acceptors (Lipinski definition) is 4. The number of alkyl halides is 2. The van der Waals surface area contributed by atoms with Crippen LogP contribution in [0.1, 0.15) is 95.5 Å². The van der Waals surface area contributed by atoms with Gasteiger partial charge in [-0.15, -0.1) is 0 Å². The normalized spacial score (nSPS) is 18.0. The summed E-state index contributed by atoms with van der Waals surface area (Å²) in [4.78, 5) is 30.4. The number of unbranched alkanes of at least 4 members (excludes halogenated alkanes) is 3. The van der Waals surface area contributed by atoms with Crippen molar-refractivity contribution >= 4 is 39.2 Å². The number of pyridine rings is 1. The fourth-order valence-electron chi connectivity index (χ4n) is 6.59. The zero-order valence-electron chi connectivity index (χ0n) is 27.1. The van der Waals surface area contributed by atoms with Gasteiger partial charge in [-0.2, -0.15) is 0 Å². The number of nitrogens with zero attached hydrogens (tertiary/aromatic N) is 3. The molecule has 1 aromatic carbocycles. The van der Waals surface area contributed by atoms with Crippen LogP contribution in [-0.4, -0.2) is 66.0 Å². The van der Waals surface area contributed by atoms with Gasteiger partial charge in [0.05, 0.1) is 0 Å². The van der Waals surface area contributed by atoms with Crippen LogP contribution in [-0.2, 0) is 7.05 Å². The van der Waals surface area contributed by atoms with Crippen LogP contribution in [0.2, 0.25) is 13.3 Å². The SMILES string of the molecule is CCC[CH2][Sn]([CH2]CCC)([CH2]CCC)[c]1c(F)ccc(NC(=O)c2cn(C)c(=O)cc2C(F)F)c1N1C[C@@H](C)N(C)[C@@H](C)C1. The van der Waals surface area contributed by atoms with Gasteiger partial charge in [0.25, 0.3) is 0 Å². The van der Waals surface area contributed by atoms with E-state index in [0.29, 0.717) is 18.8 Å². The third-order valence-corrected chi connectivity index (χ3v) is 25.0. The minimum absolute atomic E-state index is 0.193. The number of aryl methyl sites for hydroxylation is 1. The second kappa shape index (κ2) is 15.8. The Morgan fingerprint density at radius 3 is 2.00 bits per heavy atom. The van der Waals surface area contributed by atoms with Crippen molar-refractivity contribution in [3.05, 3.63) is 51.7 Å². The molecule has 1 aliphatic heterocycles. The Balaban J connectivity index is 2.29. The molecule has 1 N–H and O–H groups in total. The van der Waals surface area contributed by atoms with Crippen molar-refractivity contribution in [2.24, 2.45) is 7.05 Å². The number of carbonyl (C=O) groups is 1. The standard InChI is InChI=1S/C21H24F3N4O2.3C4H9.Sn/c1-12-9-28(10-13(2)27(12)4)18-7-14(22)5-6-17(18)25-21(30)16-11-26(3)19(29)8-15(16)20(23)24;3*1-3-4-2;/h5-6,8,11-13,20H,9-10H2,1-4H3,(H,25,30);3*1,3-4H2,2H3;/t12-,13+;;;;. The number of anilines is 2. The summed E-state index contributed by atoms with van der Waals surface area (Å²) in [6.45, 7) is 12.2. The number of amides is 1. The molecule has 2 heterocycles. The molecule has 0 saturated carbocycles. The van der Waals surface area contributed by atoms with E-state index in [4.69, 9.17) is 0 Å². The summed E-state index contributed by atoms with van der Waals surface area (Å²) < 4.78 is 49.6. The van der Waals surface area contributed by atoms with E-state index in [-0.39, 0.29) is 23.5 Å². The Morgan fingerprint density at radius 1 is 0.977 bits per heavy atom. The molecule has 2 aromatic rings. The van der Waals surface area contributed by atoms with Crippen molar-refractivity contribution < 1.29 is 18.0 Å².